The van der Waals surface area contributed by atoms with Crippen LogP contribution in [-0.2, 0) is 0 Å². The first kappa shape index (κ1) is 9.39. The van der Waals surface area contributed by atoms with E-state index in [4.69, 9.17) is 5.26 Å². The molecule has 13 heavy (non-hydrogen) atoms. The van der Waals surface area contributed by atoms with Crippen molar-refractivity contribution in [2.24, 2.45) is 0 Å². The van der Waals surface area contributed by atoms with E-state index < -0.39 is 17.5 Å². The maximum atomic E-state index is 12.2. The lowest BCUT2D eigenvalue weighted by Crippen LogP contribution is -2.11. The average molecular weight is 184 g/mol. The predicted octanol–water partition coefficient (Wildman–Crippen LogP) is 1.49. The number of nitriles is 1. The fourth-order valence-electron chi connectivity index (χ4n) is 0.925. The highest BCUT2D eigenvalue weighted by atomic mass is 19.3. The summed E-state index contributed by atoms with van der Waals surface area (Å²) in [5.41, 5.74) is -1.23. The second kappa shape index (κ2) is 3.35. The molecule has 0 aliphatic heterocycles. The van der Waals surface area contributed by atoms with E-state index in [1.165, 1.54) is 6.92 Å². The van der Waals surface area contributed by atoms with Gasteiger partial charge in [0.05, 0.1) is 5.69 Å². The third-order valence-corrected chi connectivity index (χ3v) is 1.66. The van der Waals surface area contributed by atoms with Crippen LogP contribution in [0.25, 0.3) is 0 Å². The SMILES string of the molecule is Cc1c(C(F)F)[nH]c(C#N)cc1=O. The van der Waals surface area contributed by atoms with Crippen molar-refractivity contribution in [1.82, 2.24) is 4.98 Å². The quantitative estimate of drug-likeness (QED) is 0.718. The Morgan fingerprint density at radius 2 is 2.23 bits per heavy atom. The predicted molar refractivity (Wildman–Crippen MR) is 41.5 cm³/mol. The summed E-state index contributed by atoms with van der Waals surface area (Å²) in [7, 11) is 0. The smallest absolute Gasteiger partial charge is 0.278 e. The van der Waals surface area contributed by atoms with Crippen molar-refractivity contribution < 1.29 is 8.78 Å². The molecule has 0 bridgehead atoms. The first-order valence-electron chi connectivity index (χ1n) is 3.48. The van der Waals surface area contributed by atoms with Crippen LogP contribution in [0, 0.1) is 18.3 Å². The van der Waals surface area contributed by atoms with Crippen molar-refractivity contribution in [1.29, 1.82) is 5.26 Å². The van der Waals surface area contributed by atoms with Crippen LogP contribution >= 0.6 is 0 Å². The zero-order valence-corrected chi connectivity index (χ0v) is 6.77. The van der Waals surface area contributed by atoms with E-state index in [1.807, 2.05) is 0 Å². The molecule has 1 rings (SSSR count). The molecule has 0 saturated carbocycles. The summed E-state index contributed by atoms with van der Waals surface area (Å²) in [5.74, 6) is 0. The number of nitrogens with zero attached hydrogens (tertiary/aromatic N) is 1. The van der Waals surface area contributed by atoms with Crippen molar-refractivity contribution >= 4 is 0 Å². The Hall–Kier alpha value is -1.70. The second-order valence-electron chi connectivity index (χ2n) is 2.50. The highest BCUT2D eigenvalue weighted by Crippen LogP contribution is 2.17. The number of aromatic nitrogens is 1. The highest BCUT2D eigenvalue weighted by molar-refractivity contribution is 5.28. The van der Waals surface area contributed by atoms with Gasteiger partial charge in [-0.15, -0.1) is 0 Å². The van der Waals surface area contributed by atoms with Crippen LogP contribution in [0.2, 0.25) is 0 Å². The van der Waals surface area contributed by atoms with Gasteiger partial charge in [-0.3, -0.25) is 4.79 Å². The molecule has 0 fully saturated rings. The molecule has 68 valence electrons. The third-order valence-electron chi connectivity index (χ3n) is 1.66. The standard InChI is InChI=1S/C8H6F2N2O/c1-4-6(13)2-5(3-11)12-7(4)8(9)10/h2,8H,1H3,(H,12,13). The van der Waals surface area contributed by atoms with E-state index in [2.05, 4.69) is 4.98 Å². The third kappa shape index (κ3) is 1.72. The van der Waals surface area contributed by atoms with Gasteiger partial charge in [0, 0.05) is 11.6 Å². The highest BCUT2D eigenvalue weighted by Gasteiger charge is 2.14. The average Bonchev–Trinajstić information content (AvgIpc) is 2.09. The van der Waals surface area contributed by atoms with Crippen molar-refractivity contribution in [2.45, 2.75) is 13.3 Å². The van der Waals surface area contributed by atoms with Gasteiger partial charge in [-0.2, -0.15) is 5.26 Å². The molecule has 3 nitrogen and oxygen atoms in total. The molecule has 5 heteroatoms. The summed E-state index contributed by atoms with van der Waals surface area (Å²) >= 11 is 0. The molecule has 0 aromatic carbocycles. The Morgan fingerprint density at radius 3 is 2.69 bits per heavy atom. The Bertz CT molecular complexity index is 417. The summed E-state index contributed by atoms with van der Waals surface area (Å²) in [6.45, 7) is 1.29. The molecule has 0 unspecified atom stereocenters. The van der Waals surface area contributed by atoms with Gasteiger partial charge in [-0.05, 0) is 6.92 Å². The van der Waals surface area contributed by atoms with Gasteiger partial charge < -0.3 is 4.98 Å². The monoisotopic (exact) mass is 184 g/mol. The fraction of sp³-hybridized carbons (Fsp3) is 0.250. The molecular formula is C8H6F2N2O. The molecule has 0 radical (unpaired) electrons. The Morgan fingerprint density at radius 1 is 1.62 bits per heavy atom. The van der Waals surface area contributed by atoms with E-state index in [-0.39, 0.29) is 11.3 Å². The van der Waals surface area contributed by atoms with E-state index in [0.29, 0.717) is 0 Å². The number of halogens is 2. The van der Waals surface area contributed by atoms with Crippen LogP contribution in [0.1, 0.15) is 23.4 Å². The number of hydrogen-bond donors (Lipinski definition) is 1. The van der Waals surface area contributed by atoms with Crippen LogP contribution in [0.5, 0.6) is 0 Å². The second-order valence-corrected chi connectivity index (χ2v) is 2.50. The van der Waals surface area contributed by atoms with Gasteiger partial charge in [-0.1, -0.05) is 0 Å². The first-order valence-corrected chi connectivity index (χ1v) is 3.48. The van der Waals surface area contributed by atoms with Crippen LogP contribution in [-0.4, -0.2) is 4.98 Å². The molecular weight excluding hydrogens is 178 g/mol. The lowest BCUT2D eigenvalue weighted by atomic mass is 10.2. The van der Waals surface area contributed by atoms with Crippen molar-refractivity contribution in [2.75, 3.05) is 0 Å². The Balaban J connectivity index is 3.44. The summed E-state index contributed by atoms with van der Waals surface area (Å²) in [6, 6.07) is 2.60. The van der Waals surface area contributed by atoms with Gasteiger partial charge >= 0.3 is 0 Å². The van der Waals surface area contributed by atoms with Gasteiger partial charge in [0.2, 0.25) is 0 Å². The molecule has 1 N–H and O–H groups in total. The minimum Gasteiger partial charge on any atom is -0.345 e. The lowest BCUT2D eigenvalue weighted by Gasteiger charge is -2.03. The van der Waals surface area contributed by atoms with E-state index in [1.54, 1.807) is 6.07 Å². The normalized spacial score (nSPS) is 10.1. The Labute approximate surface area is 72.6 Å². The number of hydrogen-bond acceptors (Lipinski definition) is 2. The van der Waals surface area contributed by atoms with Gasteiger partial charge in [0.15, 0.2) is 5.43 Å². The molecule has 1 aromatic heterocycles. The largest absolute Gasteiger partial charge is 0.345 e. The number of aromatic amines is 1. The summed E-state index contributed by atoms with van der Waals surface area (Å²) in [4.78, 5) is 13.2. The maximum absolute atomic E-state index is 12.2. The van der Waals surface area contributed by atoms with Gasteiger partial charge in [-0.25, -0.2) is 8.78 Å². The van der Waals surface area contributed by atoms with Gasteiger partial charge in [0.1, 0.15) is 11.8 Å². The molecule has 0 aliphatic carbocycles. The van der Waals surface area contributed by atoms with E-state index in [0.717, 1.165) is 6.07 Å². The minimum absolute atomic E-state index is 0.0472. The number of alkyl halides is 2. The molecule has 0 spiro atoms. The van der Waals surface area contributed by atoms with Gasteiger partial charge in [0.25, 0.3) is 6.43 Å². The maximum Gasteiger partial charge on any atom is 0.278 e. The van der Waals surface area contributed by atoms with E-state index >= 15 is 0 Å². The first-order chi connectivity index (χ1) is 6.06. The number of rotatable bonds is 1. The number of nitrogens with one attached hydrogen (secondary N) is 1. The van der Waals surface area contributed by atoms with Crippen molar-refractivity contribution in [3.63, 3.8) is 0 Å². The van der Waals surface area contributed by atoms with Crippen LogP contribution in [0.15, 0.2) is 10.9 Å². The minimum atomic E-state index is -2.76. The van der Waals surface area contributed by atoms with E-state index in [9.17, 15) is 13.6 Å². The fourth-order valence-corrected chi connectivity index (χ4v) is 0.925. The number of H-pyrrole nitrogens is 1. The summed E-state index contributed by atoms with van der Waals surface area (Å²) in [5, 5.41) is 8.39. The lowest BCUT2D eigenvalue weighted by molar-refractivity contribution is 0.145. The zero-order chi connectivity index (χ0) is 10.0. The molecule has 0 amide bonds. The summed E-state index contributed by atoms with van der Waals surface area (Å²) in [6.07, 6.45) is -2.76. The number of pyridine rings is 1. The zero-order valence-electron chi connectivity index (χ0n) is 6.77. The molecule has 0 saturated heterocycles. The van der Waals surface area contributed by atoms with Crippen molar-refractivity contribution in [3.05, 3.63) is 33.2 Å². The molecule has 0 aliphatic rings. The topological polar surface area (TPSA) is 56.6 Å². The Kier molecular flexibility index (Phi) is 2.42. The van der Waals surface area contributed by atoms with Crippen LogP contribution < -0.4 is 5.43 Å². The van der Waals surface area contributed by atoms with Crippen LogP contribution in [0.3, 0.4) is 0 Å². The molecule has 0 atom stereocenters. The van der Waals surface area contributed by atoms with Crippen molar-refractivity contribution in [3.8, 4) is 6.07 Å². The molecule has 1 aromatic rings. The summed E-state index contributed by atoms with van der Waals surface area (Å²) < 4.78 is 24.5. The van der Waals surface area contributed by atoms with Crippen LogP contribution in [0.4, 0.5) is 8.78 Å². The molecule has 1 heterocycles.